The van der Waals surface area contributed by atoms with Crippen LogP contribution in [0, 0.1) is 0 Å². The third-order valence-electron chi connectivity index (χ3n) is 6.26. The molecule has 0 radical (unpaired) electrons. The molecule has 0 spiro atoms. The van der Waals surface area contributed by atoms with Crippen molar-refractivity contribution < 1.29 is 9.47 Å². The van der Waals surface area contributed by atoms with E-state index in [1.165, 1.54) is 11.1 Å². The molecule has 32 heavy (non-hydrogen) atoms. The van der Waals surface area contributed by atoms with Crippen LogP contribution in [0.5, 0.6) is 11.5 Å². The third-order valence-corrected chi connectivity index (χ3v) is 7.87. The standard InChI is InChI=1S/C25H31N3O2S2/c1-25(28(24(26)31)15-17-32-25)22-8-3-4-9-23(22)30-16-14-27-12-10-19(11-13-27)20-6-5-7-21(18-20)29-2/h3-10,18H,11-17H2,1-2H3,(H2,26,31). The van der Waals surface area contributed by atoms with E-state index < -0.39 is 0 Å². The lowest BCUT2D eigenvalue weighted by molar-refractivity contribution is 0.217. The molecule has 0 bridgehead atoms. The summed E-state index contributed by atoms with van der Waals surface area (Å²) in [5.74, 6) is 2.81. The molecule has 170 valence electrons. The van der Waals surface area contributed by atoms with Crippen LogP contribution in [-0.4, -0.2) is 60.6 Å². The van der Waals surface area contributed by atoms with E-state index >= 15 is 0 Å². The van der Waals surface area contributed by atoms with Gasteiger partial charge in [-0.2, -0.15) is 0 Å². The summed E-state index contributed by atoms with van der Waals surface area (Å²) >= 11 is 7.17. The summed E-state index contributed by atoms with van der Waals surface area (Å²) in [6.07, 6.45) is 3.35. The number of methoxy groups -OCH3 is 1. The number of thioether (sulfide) groups is 1. The van der Waals surface area contributed by atoms with E-state index in [2.05, 4.69) is 47.1 Å². The second-order valence-electron chi connectivity index (χ2n) is 8.18. The Balaban J connectivity index is 1.36. The van der Waals surface area contributed by atoms with Crippen LogP contribution >= 0.6 is 24.0 Å². The first-order valence-corrected chi connectivity index (χ1v) is 12.4. The minimum atomic E-state index is -0.290. The highest BCUT2D eigenvalue weighted by molar-refractivity contribution is 8.00. The summed E-state index contributed by atoms with van der Waals surface area (Å²) in [6.45, 7) is 6.53. The van der Waals surface area contributed by atoms with E-state index in [1.807, 2.05) is 36.0 Å². The maximum absolute atomic E-state index is 6.28. The molecule has 2 heterocycles. The van der Waals surface area contributed by atoms with Crippen molar-refractivity contribution >= 4 is 34.7 Å². The molecule has 7 heteroatoms. The number of hydrogen-bond donors (Lipinski definition) is 1. The minimum Gasteiger partial charge on any atom is -0.497 e. The fraction of sp³-hybridized carbons (Fsp3) is 0.400. The molecule has 0 aromatic heterocycles. The second kappa shape index (κ2) is 10.1. The maximum Gasteiger partial charge on any atom is 0.167 e. The van der Waals surface area contributed by atoms with Gasteiger partial charge in [-0.25, -0.2) is 0 Å². The lowest BCUT2D eigenvalue weighted by Gasteiger charge is -2.36. The summed E-state index contributed by atoms with van der Waals surface area (Å²) in [5, 5.41) is 0.444. The van der Waals surface area contributed by atoms with Crippen molar-refractivity contribution in [1.29, 1.82) is 0 Å². The average Bonchev–Trinajstić information content (AvgIpc) is 3.23. The zero-order chi connectivity index (χ0) is 22.6. The molecule has 1 unspecified atom stereocenters. The van der Waals surface area contributed by atoms with Crippen LogP contribution in [0.1, 0.15) is 24.5 Å². The number of rotatable bonds is 7. The molecular formula is C25H31N3O2S2. The Labute approximate surface area is 200 Å². The molecule has 0 aliphatic carbocycles. The van der Waals surface area contributed by atoms with Gasteiger partial charge in [-0.15, -0.1) is 11.8 Å². The molecule has 0 saturated carbocycles. The van der Waals surface area contributed by atoms with Gasteiger partial charge in [0.2, 0.25) is 0 Å². The molecule has 0 amide bonds. The highest BCUT2D eigenvalue weighted by Gasteiger charge is 2.41. The molecular weight excluding hydrogens is 438 g/mol. The van der Waals surface area contributed by atoms with Gasteiger partial charge in [-0.3, -0.25) is 4.90 Å². The molecule has 2 aliphatic rings. The van der Waals surface area contributed by atoms with Crippen LogP contribution in [0.3, 0.4) is 0 Å². The van der Waals surface area contributed by atoms with Gasteiger partial charge in [0.15, 0.2) is 5.11 Å². The molecule has 1 atom stereocenters. The number of para-hydroxylation sites is 1. The van der Waals surface area contributed by atoms with Crippen LogP contribution in [0.4, 0.5) is 0 Å². The monoisotopic (exact) mass is 469 g/mol. The molecule has 2 aliphatic heterocycles. The predicted molar refractivity (Wildman–Crippen MR) is 137 cm³/mol. The van der Waals surface area contributed by atoms with Gasteiger partial charge in [-0.1, -0.05) is 36.4 Å². The first-order valence-electron chi connectivity index (χ1n) is 11.0. The normalized spacial score (nSPS) is 21.3. The van der Waals surface area contributed by atoms with Gasteiger partial charge in [0.05, 0.1) is 7.11 Å². The Morgan fingerprint density at radius 1 is 1.19 bits per heavy atom. The minimum absolute atomic E-state index is 0.290. The van der Waals surface area contributed by atoms with Crippen LogP contribution in [0.25, 0.3) is 5.57 Å². The summed E-state index contributed by atoms with van der Waals surface area (Å²) in [6, 6.07) is 16.6. The first kappa shape index (κ1) is 23.0. The lowest BCUT2D eigenvalue weighted by atomic mass is 9.99. The Kier molecular flexibility index (Phi) is 7.28. The molecule has 1 saturated heterocycles. The van der Waals surface area contributed by atoms with E-state index in [0.717, 1.165) is 55.4 Å². The first-order chi connectivity index (χ1) is 15.5. The average molecular weight is 470 g/mol. The zero-order valence-corrected chi connectivity index (χ0v) is 20.4. The van der Waals surface area contributed by atoms with Gasteiger partial charge < -0.3 is 20.1 Å². The number of thiocarbonyl (C=S) groups is 1. The molecule has 1 fully saturated rings. The van der Waals surface area contributed by atoms with Gasteiger partial charge in [-0.05, 0) is 54.9 Å². The van der Waals surface area contributed by atoms with Crippen molar-refractivity contribution in [3.63, 3.8) is 0 Å². The summed E-state index contributed by atoms with van der Waals surface area (Å²) in [7, 11) is 1.71. The van der Waals surface area contributed by atoms with Gasteiger partial charge >= 0.3 is 0 Å². The number of nitrogens with two attached hydrogens (primary N) is 1. The Hall–Kier alpha value is -2.22. The molecule has 2 aromatic carbocycles. The van der Waals surface area contributed by atoms with Crippen molar-refractivity contribution in [1.82, 2.24) is 9.80 Å². The van der Waals surface area contributed by atoms with E-state index in [1.54, 1.807) is 7.11 Å². The smallest absolute Gasteiger partial charge is 0.167 e. The molecule has 2 N–H and O–H groups in total. The van der Waals surface area contributed by atoms with Crippen molar-refractivity contribution in [2.45, 2.75) is 18.2 Å². The van der Waals surface area contributed by atoms with Crippen molar-refractivity contribution in [3.8, 4) is 11.5 Å². The summed E-state index contributed by atoms with van der Waals surface area (Å²) in [4.78, 5) is 4.24. The Morgan fingerprint density at radius 3 is 2.78 bits per heavy atom. The molecule has 4 rings (SSSR count). The third kappa shape index (κ3) is 4.90. The topological polar surface area (TPSA) is 51.0 Å². The van der Waals surface area contributed by atoms with Gasteiger partial charge in [0.1, 0.15) is 23.0 Å². The quantitative estimate of drug-likeness (QED) is 0.606. The van der Waals surface area contributed by atoms with E-state index in [0.29, 0.717) is 11.7 Å². The second-order valence-corrected chi connectivity index (χ2v) is 10.1. The summed E-state index contributed by atoms with van der Waals surface area (Å²) in [5.41, 5.74) is 9.78. The fourth-order valence-electron chi connectivity index (χ4n) is 4.43. The number of benzene rings is 2. The fourth-order valence-corrected chi connectivity index (χ4v) is 6.10. The van der Waals surface area contributed by atoms with Gasteiger partial charge in [0.25, 0.3) is 0 Å². The van der Waals surface area contributed by atoms with Crippen LogP contribution in [0.2, 0.25) is 0 Å². The number of hydrogen-bond acceptors (Lipinski definition) is 5. The molecule has 2 aromatic rings. The SMILES string of the molecule is COc1cccc(C2=CCN(CCOc3ccccc3C3(C)SCCN3C(N)=S)CC2)c1. The predicted octanol–water partition coefficient (Wildman–Crippen LogP) is 4.33. The lowest BCUT2D eigenvalue weighted by Crippen LogP contribution is -2.44. The van der Waals surface area contributed by atoms with E-state index in [9.17, 15) is 0 Å². The van der Waals surface area contributed by atoms with Crippen molar-refractivity contribution in [3.05, 3.63) is 65.7 Å². The Morgan fingerprint density at radius 2 is 2.03 bits per heavy atom. The van der Waals surface area contributed by atoms with Crippen molar-refractivity contribution in [2.24, 2.45) is 5.73 Å². The van der Waals surface area contributed by atoms with E-state index in [4.69, 9.17) is 27.4 Å². The van der Waals surface area contributed by atoms with E-state index in [-0.39, 0.29) is 4.87 Å². The van der Waals surface area contributed by atoms with Crippen LogP contribution in [-0.2, 0) is 4.87 Å². The largest absolute Gasteiger partial charge is 0.497 e. The number of ether oxygens (including phenoxy) is 2. The Bertz CT molecular complexity index is 997. The number of nitrogens with zero attached hydrogens (tertiary/aromatic N) is 2. The van der Waals surface area contributed by atoms with Crippen LogP contribution in [0.15, 0.2) is 54.6 Å². The highest BCUT2D eigenvalue weighted by Crippen LogP contribution is 2.47. The maximum atomic E-state index is 6.28. The molecule has 5 nitrogen and oxygen atoms in total. The van der Waals surface area contributed by atoms with Crippen LogP contribution < -0.4 is 15.2 Å². The highest BCUT2D eigenvalue weighted by atomic mass is 32.2. The zero-order valence-electron chi connectivity index (χ0n) is 18.8. The van der Waals surface area contributed by atoms with Gasteiger partial charge in [0, 0.05) is 37.5 Å². The summed E-state index contributed by atoms with van der Waals surface area (Å²) < 4.78 is 11.6. The van der Waals surface area contributed by atoms with Crippen molar-refractivity contribution in [2.75, 3.05) is 45.6 Å².